The fourth-order valence-corrected chi connectivity index (χ4v) is 3.20. The van der Waals surface area contributed by atoms with Crippen LogP contribution in [0.2, 0.25) is 0 Å². The molecule has 0 rings (SSSR count). The van der Waals surface area contributed by atoms with E-state index in [1.165, 1.54) is 0 Å². The monoisotopic (exact) mass is 388 g/mol. The Hall–Kier alpha value is -0.260. The van der Waals surface area contributed by atoms with Gasteiger partial charge in [-0.15, -0.1) is 0 Å². The minimum Gasteiger partial charge on any atom is -0.310 e. The highest BCUT2D eigenvalue weighted by molar-refractivity contribution is 7.86. The van der Waals surface area contributed by atoms with Crippen LogP contribution in [0.15, 0.2) is 0 Å². The van der Waals surface area contributed by atoms with Crippen molar-refractivity contribution in [3.8, 4) is 0 Å². The number of rotatable bonds is 13. The molecule has 146 valence electrons. The molecule has 0 saturated carbocycles. The standard InChI is InChI=1S/C14H32N2O6S2/c1-13(2,15-9-5-7-11-23(17,18)19)14(3,4)16-10-6-8-12-24(20,21)22/h15-16H,5-12H2,1-4H3,(H,17,18,19)(H,20,21,22). The molecule has 0 radical (unpaired) electrons. The lowest BCUT2D eigenvalue weighted by Crippen LogP contribution is -2.63. The molecule has 0 bridgehead atoms. The van der Waals surface area contributed by atoms with Crippen LogP contribution in [0.4, 0.5) is 0 Å². The molecule has 0 aliphatic carbocycles. The Labute approximate surface area is 146 Å². The van der Waals surface area contributed by atoms with E-state index in [9.17, 15) is 16.8 Å². The molecule has 10 heteroatoms. The van der Waals surface area contributed by atoms with Gasteiger partial charge in [-0.05, 0) is 66.5 Å². The van der Waals surface area contributed by atoms with Crippen molar-refractivity contribution in [1.82, 2.24) is 10.6 Å². The molecule has 0 amide bonds. The third kappa shape index (κ3) is 11.3. The molecule has 8 nitrogen and oxygen atoms in total. The lowest BCUT2D eigenvalue weighted by Gasteiger charge is -2.43. The second-order valence-corrected chi connectivity index (χ2v) is 10.2. The summed E-state index contributed by atoms with van der Waals surface area (Å²) in [5, 5.41) is 6.75. The van der Waals surface area contributed by atoms with Crippen molar-refractivity contribution in [3.05, 3.63) is 0 Å². The van der Waals surface area contributed by atoms with Crippen LogP contribution in [0.5, 0.6) is 0 Å². The van der Waals surface area contributed by atoms with Crippen LogP contribution in [-0.4, -0.2) is 61.6 Å². The Bertz CT molecular complexity index is 518. The molecule has 0 aromatic heterocycles. The van der Waals surface area contributed by atoms with Gasteiger partial charge in [0.05, 0.1) is 11.5 Å². The van der Waals surface area contributed by atoms with Crippen LogP contribution in [0.3, 0.4) is 0 Å². The van der Waals surface area contributed by atoms with Gasteiger partial charge >= 0.3 is 0 Å². The molecule has 0 aromatic rings. The van der Waals surface area contributed by atoms with Gasteiger partial charge < -0.3 is 10.6 Å². The van der Waals surface area contributed by atoms with Gasteiger partial charge in [0.15, 0.2) is 0 Å². The first kappa shape index (κ1) is 23.7. The third-order valence-corrected chi connectivity index (χ3v) is 5.96. The van der Waals surface area contributed by atoms with Gasteiger partial charge in [-0.25, -0.2) is 0 Å². The fraction of sp³-hybridized carbons (Fsp3) is 1.00. The molecular formula is C14H32N2O6S2. The van der Waals surface area contributed by atoms with E-state index in [2.05, 4.69) is 10.6 Å². The predicted molar refractivity (Wildman–Crippen MR) is 95.5 cm³/mol. The minimum atomic E-state index is -3.90. The maximum atomic E-state index is 10.7. The number of hydrogen-bond donors (Lipinski definition) is 4. The average Bonchev–Trinajstić information content (AvgIpc) is 2.34. The largest absolute Gasteiger partial charge is 0.310 e. The van der Waals surface area contributed by atoms with Crippen molar-refractivity contribution >= 4 is 20.2 Å². The van der Waals surface area contributed by atoms with Crippen molar-refractivity contribution in [2.24, 2.45) is 0 Å². The molecule has 24 heavy (non-hydrogen) atoms. The Balaban J connectivity index is 4.15. The van der Waals surface area contributed by atoms with Gasteiger partial charge in [0, 0.05) is 11.1 Å². The molecule has 0 fully saturated rings. The second kappa shape index (κ2) is 9.44. The summed E-state index contributed by atoms with van der Waals surface area (Å²) in [5.41, 5.74) is -0.567. The first-order valence-electron chi connectivity index (χ1n) is 8.07. The predicted octanol–water partition coefficient (Wildman–Crippen LogP) is 1.06. The van der Waals surface area contributed by atoms with E-state index in [4.69, 9.17) is 9.11 Å². The molecule has 0 heterocycles. The SMILES string of the molecule is CC(C)(NCCCCS(=O)(=O)O)C(C)(C)NCCCCS(=O)(=O)O. The van der Waals surface area contributed by atoms with E-state index >= 15 is 0 Å². The normalized spacial score (nSPS) is 14.1. The molecule has 0 aliphatic rings. The minimum absolute atomic E-state index is 0.232. The number of nitrogens with one attached hydrogen (secondary N) is 2. The quantitative estimate of drug-likeness (QED) is 0.272. The molecule has 0 unspecified atom stereocenters. The van der Waals surface area contributed by atoms with Crippen LogP contribution < -0.4 is 10.6 Å². The molecule has 0 aromatic carbocycles. The van der Waals surface area contributed by atoms with Crippen molar-refractivity contribution < 1.29 is 25.9 Å². The second-order valence-electron chi connectivity index (χ2n) is 7.09. The van der Waals surface area contributed by atoms with Crippen LogP contribution in [-0.2, 0) is 20.2 Å². The average molecular weight is 389 g/mol. The molecular weight excluding hydrogens is 356 g/mol. The third-order valence-electron chi connectivity index (χ3n) is 4.35. The van der Waals surface area contributed by atoms with Gasteiger partial charge in [0.1, 0.15) is 0 Å². The van der Waals surface area contributed by atoms with Crippen LogP contribution >= 0.6 is 0 Å². The summed E-state index contributed by atoms with van der Waals surface area (Å²) in [6, 6.07) is 0. The Morgan fingerprint density at radius 3 is 1.21 bits per heavy atom. The van der Waals surface area contributed by atoms with Gasteiger partial charge in [-0.3, -0.25) is 9.11 Å². The number of unbranched alkanes of at least 4 members (excludes halogenated alkanes) is 2. The van der Waals surface area contributed by atoms with Crippen LogP contribution in [0, 0.1) is 0 Å². The first-order chi connectivity index (χ1) is 10.7. The highest BCUT2D eigenvalue weighted by atomic mass is 32.2. The van der Waals surface area contributed by atoms with E-state index in [0.717, 1.165) is 0 Å². The summed E-state index contributed by atoms with van der Waals surface area (Å²) in [4.78, 5) is 0. The van der Waals surface area contributed by atoms with Crippen LogP contribution in [0.25, 0.3) is 0 Å². The summed E-state index contributed by atoms with van der Waals surface area (Å²) in [6.45, 7) is 9.36. The topological polar surface area (TPSA) is 133 Å². The Kier molecular flexibility index (Phi) is 9.34. The van der Waals surface area contributed by atoms with Gasteiger partial charge in [-0.1, -0.05) is 0 Å². The zero-order valence-corrected chi connectivity index (χ0v) is 16.6. The van der Waals surface area contributed by atoms with Gasteiger partial charge in [-0.2, -0.15) is 16.8 Å². The van der Waals surface area contributed by atoms with Crippen LogP contribution in [0.1, 0.15) is 53.4 Å². The Morgan fingerprint density at radius 1 is 0.667 bits per heavy atom. The molecule has 0 aliphatic heterocycles. The molecule has 4 N–H and O–H groups in total. The summed E-state index contributed by atoms with van der Waals surface area (Å²) in [5.74, 6) is -0.463. The maximum Gasteiger partial charge on any atom is 0.264 e. The van der Waals surface area contributed by atoms with E-state index in [0.29, 0.717) is 38.8 Å². The fourth-order valence-electron chi connectivity index (χ4n) is 2.06. The van der Waals surface area contributed by atoms with E-state index in [1.54, 1.807) is 0 Å². The summed E-state index contributed by atoms with van der Waals surface area (Å²) in [6.07, 6.45) is 2.05. The van der Waals surface area contributed by atoms with Gasteiger partial charge in [0.2, 0.25) is 0 Å². The zero-order valence-electron chi connectivity index (χ0n) is 15.0. The highest BCUT2D eigenvalue weighted by Crippen LogP contribution is 2.21. The van der Waals surface area contributed by atoms with Crippen molar-refractivity contribution in [1.29, 1.82) is 0 Å². The first-order valence-corrected chi connectivity index (χ1v) is 11.3. The maximum absolute atomic E-state index is 10.7. The van der Waals surface area contributed by atoms with Crippen molar-refractivity contribution in [3.63, 3.8) is 0 Å². The van der Waals surface area contributed by atoms with E-state index in [-0.39, 0.29) is 22.6 Å². The van der Waals surface area contributed by atoms with Crippen molar-refractivity contribution in [2.75, 3.05) is 24.6 Å². The van der Waals surface area contributed by atoms with E-state index < -0.39 is 20.2 Å². The molecule has 0 spiro atoms. The lowest BCUT2D eigenvalue weighted by atomic mass is 9.82. The van der Waals surface area contributed by atoms with Crippen molar-refractivity contribution in [2.45, 2.75) is 64.5 Å². The highest BCUT2D eigenvalue weighted by Gasteiger charge is 2.35. The van der Waals surface area contributed by atoms with Gasteiger partial charge in [0.25, 0.3) is 20.2 Å². The zero-order chi connectivity index (χ0) is 19.1. The lowest BCUT2D eigenvalue weighted by molar-refractivity contribution is 0.192. The summed E-state index contributed by atoms with van der Waals surface area (Å²) in [7, 11) is -7.79. The summed E-state index contributed by atoms with van der Waals surface area (Å²) >= 11 is 0. The summed E-state index contributed by atoms with van der Waals surface area (Å²) < 4.78 is 60.0. The Morgan fingerprint density at radius 2 is 0.958 bits per heavy atom. The molecule has 0 saturated heterocycles. The van der Waals surface area contributed by atoms with E-state index in [1.807, 2.05) is 27.7 Å². The number of hydrogen-bond acceptors (Lipinski definition) is 6. The molecule has 0 atom stereocenters. The smallest absolute Gasteiger partial charge is 0.264 e.